The Morgan fingerprint density at radius 2 is 2.05 bits per heavy atom. The maximum absolute atomic E-state index is 8.89. The molecule has 0 atom stereocenters. The van der Waals surface area contributed by atoms with Crippen LogP contribution in [0.2, 0.25) is 0 Å². The summed E-state index contributed by atoms with van der Waals surface area (Å²) >= 11 is 0. The predicted molar refractivity (Wildman–Crippen MR) is 70.4 cm³/mol. The molecule has 100 valence electrons. The minimum absolute atomic E-state index is 0.0914. The number of benzene rings is 1. The molecule has 0 fully saturated rings. The van der Waals surface area contributed by atoms with Crippen molar-refractivity contribution in [1.82, 2.24) is 9.97 Å². The normalized spacial score (nSPS) is 14.2. The number of nitrogens with zero attached hydrogens (tertiary/aromatic N) is 1. The number of hydrogen-bond donors (Lipinski definition) is 2. The molecular formula is C14H16N2O3. The summed E-state index contributed by atoms with van der Waals surface area (Å²) in [6.45, 7) is 1.46. The van der Waals surface area contributed by atoms with Gasteiger partial charge in [0.2, 0.25) is 0 Å². The number of rotatable bonds is 3. The van der Waals surface area contributed by atoms with Gasteiger partial charge in [-0.1, -0.05) is 0 Å². The highest BCUT2D eigenvalue weighted by Gasteiger charge is 2.12. The van der Waals surface area contributed by atoms with Crippen molar-refractivity contribution in [3.63, 3.8) is 0 Å². The van der Waals surface area contributed by atoms with Crippen LogP contribution >= 0.6 is 0 Å². The Hall–Kier alpha value is -2.01. The molecule has 0 radical (unpaired) electrons. The smallest absolute Gasteiger partial charge is 0.161 e. The standard InChI is InChI=1S/C14H16N2O3/c17-5-4-14-15-9-11(16-14)10-2-3-12-13(8-10)19-7-1-6-18-12/h2-3,8-9,17H,1,4-7H2,(H,15,16). The second-order valence-corrected chi connectivity index (χ2v) is 4.43. The number of ether oxygens (including phenoxy) is 2. The molecule has 0 saturated heterocycles. The van der Waals surface area contributed by atoms with Gasteiger partial charge in [0.15, 0.2) is 11.5 Å². The SMILES string of the molecule is OCCc1ncc(-c2ccc3c(c2)OCCCO3)[nH]1. The number of aliphatic hydroxyl groups excluding tert-OH is 1. The second kappa shape index (κ2) is 5.32. The predicted octanol–water partition coefficient (Wildman–Crippen LogP) is 1.77. The Kier molecular flexibility index (Phi) is 3.37. The van der Waals surface area contributed by atoms with Crippen LogP contribution in [-0.2, 0) is 6.42 Å². The van der Waals surface area contributed by atoms with Crippen molar-refractivity contribution in [3.05, 3.63) is 30.2 Å². The van der Waals surface area contributed by atoms with Gasteiger partial charge in [-0.3, -0.25) is 0 Å². The van der Waals surface area contributed by atoms with E-state index in [4.69, 9.17) is 14.6 Å². The van der Waals surface area contributed by atoms with Gasteiger partial charge in [-0.05, 0) is 18.2 Å². The van der Waals surface area contributed by atoms with E-state index in [0.29, 0.717) is 19.6 Å². The van der Waals surface area contributed by atoms with Gasteiger partial charge >= 0.3 is 0 Å². The lowest BCUT2D eigenvalue weighted by molar-refractivity contribution is 0.296. The average Bonchev–Trinajstić information content (AvgIpc) is 2.76. The van der Waals surface area contributed by atoms with E-state index in [-0.39, 0.29) is 6.61 Å². The zero-order valence-electron chi connectivity index (χ0n) is 10.6. The molecule has 0 spiro atoms. The van der Waals surface area contributed by atoms with Crippen molar-refractivity contribution in [2.24, 2.45) is 0 Å². The zero-order valence-corrected chi connectivity index (χ0v) is 10.6. The number of aromatic amines is 1. The number of aliphatic hydroxyl groups is 1. The molecule has 1 aliphatic rings. The first-order valence-corrected chi connectivity index (χ1v) is 6.41. The van der Waals surface area contributed by atoms with Crippen LogP contribution in [0, 0.1) is 0 Å². The summed E-state index contributed by atoms with van der Waals surface area (Å²) in [5.74, 6) is 2.34. The number of aromatic nitrogens is 2. The number of hydrogen-bond acceptors (Lipinski definition) is 4. The molecule has 5 nitrogen and oxygen atoms in total. The van der Waals surface area contributed by atoms with E-state index < -0.39 is 0 Å². The summed E-state index contributed by atoms with van der Waals surface area (Å²) < 4.78 is 11.3. The van der Waals surface area contributed by atoms with Gasteiger partial charge in [-0.15, -0.1) is 0 Å². The number of H-pyrrole nitrogens is 1. The van der Waals surface area contributed by atoms with Crippen molar-refractivity contribution in [2.45, 2.75) is 12.8 Å². The fourth-order valence-electron chi connectivity index (χ4n) is 2.07. The summed E-state index contributed by atoms with van der Waals surface area (Å²) in [6, 6.07) is 5.85. The number of fused-ring (bicyclic) bond motifs is 1. The van der Waals surface area contributed by atoms with Crippen LogP contribution in [0.4, 0.5) is 0 Å². The van der Waals surface area contributed by atoms with Crippen LogP contribution in [0.1, 0.15) is 12.2 Å². The van der Waals surface area contributed by atoms with E-state index in [1.165, 1.54) is 0 Å². The molecule has 1 aromatic heterocycles. The number of imidazole rings is 1. The molecule has 5 heteroatoms. The molecule has 0 aliphatic carbocycles. The lowest BCUT2D eigenvalue weighted by Crippen LogP contribution is -1.97. The van der Waals surface area contributed by atoms with E-state index in [0.717, 1.165) is 35.0 Å². The molecule has 2 N–H and O–H groups in total. The molecule has 0 saturated carbocycles. The minimum atomic E-state index is 0.0914. The Labute approximate surface area is 111 Å². The third-order valence-corrected chi connectivity index (χ3v) is 3.04. The molecule has 0 amide bonds. The maximum Gasteiger partial charge on any atom is 0.161 e. The summed E-state index contributed by atoms with van der Waals surface area (Å²) in [4.78, 5) is 7.41. The van der Waals surface area contributed by atoms with E-state index in [1.54, 1.807) is 6.20 Å². The summed E-state index contributed by atoms with van der Waals surface area (Å²) in [6.07, 6.45) is 3.20. The summed E-state index contributed by atoms with van der Waals surface area (Å²) in [7, 11) is 0. The summed E-state index contributed by atoms with van der Waals surface area (Å²) in [5, 5.41) is 8.89. The van der Waals surface area contributed by atoms with Crippen molar-refractivity contribution >= 4 is 0 Å². The van der Waals surface area contributed by atoms with Crippen LogP contribution in [0.25, 0.3) is 11.3 Å². The molecule has 1 aromatic carbocycles. The largest absolute Gasteiger partial charge is 0.490 e. The highest BCUT2D eigenvalue weighted by molar-refractivity contribution is 5.63. The van der Waals surface area contributed by atoms with Crippen LogP contribution in [0.3, 0.4) is 0 Å². The fourth-order valence-corrected chi connectivity index (χ4v) is 2.07. The van der Waals surface area contributed by atoms with Crippen LogP contribution in [-0.4, -0.2) is 34.9 Å². The molecule has 19 heavy (non-hydrogen) atoms. The molecule has 3 rings (SSSR count). The third-order valence-electron chi connectivity index (χ3n) is 3.04. The fraction of sp³-hybridized carbons (Fsp3) is 0.357. The monoisotopic (exact) mass is 260 g/mol. The topological polar surface area (TPSA) is 67.4 Å². The summed E-state index contributed by atoms with van der Waals surface area (Å²) in [5.41, 5.74) is 1.92. The molecule has 2 aromatic rings. The van der Waals surface area contributed by atoms with Crippen LogP contribution in [0.5, 0.6) is 11.5 Å². The Morgan fingerprint density at radius 3 is 2.89 bits per heavy atom. The minimum Gasteiger partial charge on any atom is -0.490 e. The first-order valence-electron chi connectivity index (χ1n) is 6.41. The Balaban J connectivity index is 1.89. The van der Waals surface area contributed by atoms with Gasteiger partial charge in [0.25, 0.3) is 0 Å². The zero-order chi connectivity index (χ0) is 13.1. The van der Waals surface area contributed by atoms with Crippen molar-refractivity contribution in [2.75, 3.05) is 19.8 Å². The van der Waals surface area contributed by atoms with Crippen LogP contribution in [0.15, 0.2) is 24.4 Å². The van der Waals surface area contributed by atoms with E-state index >= 15 is 0 Å². The molecule has 0 unspecified atom stereocenters. The van der Waals surface area contributed by atoms with E-state index in [1.807, 2.05) is 18.2 Å². The quantitative estimate of drug-likeness (QED) is 0.882. The van der Waals surface area contributed by atoms with Gasteiger partial charge < -0.3 is 19.6 Å². The van der Waals surface area contributed by atoms with Gasteiger partial charge in [0.05, 0.1) is 31.7 Å². The van der Waals surface area contributed by atoms with Crippen molar-refractivity contribution in [1.29, 1.82) is 0 Å². The lowest BCUT2D eigenvalue weighted by Gasteiger charge is -2.08. The van der Waals surface area contributed by atoms with Crippen molar-refractivity contribution < 1.29 is 14.6 Å². The van der Waals surface area contributed by atoms with Gasteiger partial charge in [-0.2, -0.15) is 0 Å². The van der Waals surface area contributed by atoms with Crippen LogP contribution < -0.4 is 9.47 Å². The maximum atomic E-state index is 8.89. The average molecular weight is 260 g/mol. The Morgan fingerprint density at radius 1 is 1.21 bits per heavy atom. The molecule has 2 heterocycles. The molecule has 1 aliphatic heterocycles. The second-order valence-electron chi connectivity index (χ2n) is 4.43. The van der Waals surface area contributed by atoms with E-state index in [9.17, 15) is 0 Å². The van der Waals surface area contributed by atoms with E-state index in [2.05, 4.69) is 9.97 Å². The highest BCUT2D eigenvalue weighted by Crippen LogP contribution is 2.33. The molecule has 0 bridgehead atoms. The third kappa shape index (κ3) is 2.56. The molecular weight excluding hydrogens is 244 g/mol. The Bertz CT molecular complexity index is 566. The van der Waals surface area contributed by atoms with Gasteiger partial charge in [0, 0.05) is 18.4 Å². The lowest BCUT2D eigenvalue weighted by atomic mass is 10.1. The first kappa shape index (κ1) is 12.0. The number of nitrogens with one attached hydrogen (secondary N) is 1. The van der Waals surface area contributed by atoms with Crippen molar-refractivity contribution in [3.8, 4) is 22.8 Å². The first-order chi connectivity index (χ1) is 9.36. The van der Waals surface area contributed by atoms with Gasteiger partial charge in [-0.25, -0.2) is 4.98 Å². The highest BCUT2D eigenvalue weighted by atomic mass is 16.5. The van der Waals surface area contributed by atoms with Gasteiger partial charge in [0.1, 0.15) is 5.82 Å².